The van der Waals surface area contributed by atoms with E-state index in [1.54, 1.807) is 0 Å². The van der Waals surface area contributed by atoms with Gasteiger partial charge in [0.2, 0.25) is 0 Å². The van der Waals surface area contributed by atoms with Crippen molar-refractivity contribution in [2.45, 2.75) is 44.7 Å². The zero-order valence-electron chi connectivity index (χ0n) is 16.0. The number of nitrogens with zero attached hydrogens (tertiary/aromatic N) is 1. The maximum absolute atomic E-state index is 5.69. The van der Waals surface area contributed by atoms with E-state index in [0.717, 1.165) is 46.1 Å². The summed E-state index contributed by atoms with van der Waals surface area (Å²) in [6.07, 6.45) is 1.18. The van der Waals surface area contributed by atoms with Crippen molar-refractivity contribution in [1.82, 2.24) is 10.2 Å². The highest BCUT2D eigenvalue weighted by Gasteiger charge is 2.33. The smallest absolute Gasteiger partial charge is 0.0594 e. The zero-order chi connectivity index (χ0) is 17.7. The predicted octanol–water partition coefficient (Wildman–Crippen LogP) is 2.68. The molecule has 0 unspecified atom stereocenters. The van der Waals surface area contributed by atoms with Crippen LogP contribution in [0.5, 0.6) is 0 Å². The van der Waals surface area contributed by atoms with E-state index < -0.39 is 0 Å². The van der Waals surface area contributed by atoms with Gasteiger partial charge in [-0.1, -0.05) is 44.2 Å². The molecule has 2 aliphatic heterocycles. The molecule has 140 valence electrons. The Morgan fingerprint density at radius 2 is 1.84 bits per heavy atom. The molecule has 0 bridgehead atoms. The quantitative estimate of drug-likeness (QED) is 0.823. The summed E-state index contributed by atoms with van der Waals surface area (Å²) in [4.78, 5) is 2.61. The van der Waals surface area contributed by atoms with Gasteiger partial charge in [-0.2, -0.15) is 0 Å². The molecule has 0 aromatic heterocycles. The lowest BCUT2D eigenvalue weighted by Crippen LogP contribution is -2.54. The first kappa shape index (κ1) is 18.8. The lowest BCUT2D eigenvalue weighted by Gasteiger charge is -2.40. The fraction of sp³-hybridized carbons (Fsp3) is 0.714. The molecule has 0 amide bonds. The lowest BCUT2D eigenvalue weighted by atomic mass is 9.78. The van der Waals surface area contributed by atoms with Gasteiger partial charge in [-0.25, -0.2) is 0 Å². The van der Waals surface area contributed by atoms with Crippen LogP contribution in [0.1, 0.15) is 32.8 Å². The Morgan fingerprint density at radius 3 is 2.48 bits per heavy atom. The van der Waals surface area contributed by atoms with Gasteiger partial charge in [0.1, 0.15) is 0 Å². The third kappa shape index (κ3) is 4.62. The molecular formula is C21H34N2O2. The molecule has 0 aliphatic carbocycles. The van der Waals surface area contributed by atoms with Crippen LogP contribution in [-0.2, 0) is 14.9 Å². The normalized spacial score (nSPS) is 25.0. The number of benzene rings is 1. The number of hydrogen-bond acceptors (Lipinski definition) is 4. The fourth-order valence-corrected chi connectivity index (χ4v) is 4.03. The summed E-state index contributed by atoms with van der Waals surface area (Å²) in [5, 5.41) is 3.86. The van der Waals surface area contributed by atoms with Gasteiger partial charge in [-0.15, -0.1) is 0 Å². The number of nitrogens with one attached hydrogen (secondary N) is 1. The van der Waals surface area contributed by atoms with Gasteiger partial charge < -0.3 is 14.8 Å². The van der Waals surface area contributed by atoms with Gasteiger partial charge in [0.05, 0.1) is 19.8 Å². The lowest BCUT2D eigenvalue weighted by molar-refractivity contribution is 0.000430. The third-order valence-electron chi connectivity index (χ3n) is 6.26. The summed E-state index contributed by atoms with van der Waals surface area (Å²) in [5.41, 5.74) is 1.49. The van der Waals surface area contributed by atoms with E-state index in [0.29, 0.717) is 18.0 Å². The minimum Gasteiger partial charge on any atom is -0.381 e. The van der Waals surface area contributed by atoms with Crippen LogP contribution in [0.15, 0.2) is 30.3 Å². The Morgan fingerprint density at radius 1 is 1.12 bits per heavy atom. The largest absolute Gasteiger partial charge is 0.381 e. The molecule has 2 aliphatic rings. The van der Waals surface area contributed by atoms with Crippen LogP contribution >= 0.6 is 0 Å². The standard InChI is InChI=1S/C21H34N2O2/c1-17(21(2,3)19-7-5-4-6-8-19)22-15-20(18-9-12-25-16-18)23-10-13-24-14-11-23/h4-8,17-18,20,22H,9-16H2,1-3H3/t17-,18+,20-/m0/s1. The fourth-order valence-electron chi connectivity index (χ4n) is 4.03. The number of rotatable bonds is 7. The Kier molecular flexibility index (Phi) is 6.50. The Labute approximate surface area is 152 Å². The van der Waals surface area contributed by atoms with Crippen LogP contribution < -0.4 is 5.32 Å². The van der Waals surface area contributed by atoms with E-state index in [9.17, 15) is 0 Å². The number of hydrogen-bond donors (Lipinski definition) is 1. The molecule has 1 aromatic rings. The first-order valence-corrected chi connectivity index (χ1v) is 9.77. The molecule has 1 aromatic carbocycles. The van der Waals surface area contributed by atoms with Gasteiger partial charge in [0.15, 0.2) is 0 Å². The van der Waals surface area contributed by atoms with Crippen molar-refractivity contribution >= 4 is 0 Å². The van der Waals surface area contributed by atoms with Crippen LogP contribution in [0.2, 0.25) is 0 Å². The van der Waals surface area contributed by atoms with Crippen molar-refractivity contribution in [2.24, 2.45) is 5.92 Å². The summed E-state index contributed by atoms with van der Waals surface area (Å²) in [6, 6.07) is 11.8. The molecule has 3 rings (SSSR count). The molecule has 0 spiro atoms. The predicted molar refractivity (Wildman–Crippen MR) is 102 cm³/mol. The topological polar surface area (TPSA) is 33.7 Å². The van der Waals surface area contributed by atoms with Crippen molar-refractivity contribution in [1.29, 1.82) is 0 Å². The summed E-state index contributed by atoms with van der Waals surface area (Å²) < 4.78 is 11.2. The summed E-state index contributed by atoms with van der Waals surface area (Å²) in [7, 11) is 0. The van der Waals surface area contributed by atoms with Gasteiger partial charge in [0, 0.05) is 49.7 Å². The van der Waals surface area contributed by atoms with Crippen molar-refractivity contribution in [3.05, 3.63) is 35.9 Å². The Bertz CT molecular complexity index is 508. The summed E-state index contributed by atoms with van der Waals surface area (Å²) in [6.45, 7) is 13.6. The van der Waals surface area contributed by atoms with Gasteiger partial charge >= 0.3 is 0 Å². The Hall–Kier alpha value is -0.940. The maximum Gasteiger partial charge on any atom is 0.0594 e. The van der Waals surface area contributed by atoms with E-state index in [2.05, 4.69) is 61.3 Å². The highest BCUT2D eigenvalue weighted by molar-refractivity contribution is 5.25. The highest BCUT2D eigenvalue weighted by Crippen LogP contribution is 2.28. The second-order valence-corrected chi connectivity index (χ2v) is 8.06. The minimum atomic E-state index is 0.100. The van der Waals surface area contributed by atoms with Gasteiger partial charge in [-0.3, -0.25) is 4.90 Å². The van der Waals surface area contributed by atoms with Crippen LogP contribution in [0.4, 0.5) is 0 Å². The van der Waals surface area contributed by atoms with E-state index in [1.807, 2.05) is 0 Å². The summed E-state index contributed by atoms with van der Waals surface area (Å²) >= 11 is 0. The first-order valence-electron chi connectivity index (χ1n) is 9.77. The zero-order valence-corrected chi connectivity index (χ0v) is 16.0. The molecule has 4 heteroatoms. The van der Waals surface area contributed by atoms with Crippen molar-refractivity contribution < 1.29 is 9.47 Å². The van der Waals surface area contributed by atoms with Crippen LogP contribution in [0.25, 0.3) is 0 Å². The van der Waals surface area contributed by atoms with E-state index in [1.165, 1.54) is 12.0 Å². The minimum absolute atomic E-state index is 0.100. The maximum atomic E-state index is 5.69. The number of morpholine rings is 1. The third-order valence-corrected chi connectivity index (χ3v) is 6.26. The van der Waals surface area contributed by atoms with Crippen LogP contribution in [0, 0.1) is 5.92 Å². The van der Waals surface area contributed by atoms with Crippen molar-refractivity contribution in [2.75, 3.05) is 46.1 Å². The highest BCUT2D eigenvalue weighted by atomic mass is 16.5. The molecule has 4 nitrogen and oxygen atoms in total. The molecule has 0 radical (unpaired) electrons. The number of ether oxygens (including phenoxy) is 2. The first-order chi connectivity index (χ1) is 12.1. The molecule has 2 heterocycles. The molecular weight excluding hydrogens is 312 g/mol. The van der Waals surface area contributed by atoms with E-state index in [-0.39, 0.29) is 5.41 Å². The average molecular weight is 347 g/mol. The molecule has 0 saturated carbocycles. The van der Waals surface area contributed by atoms with Crippen LogP contribution in [0.3, 0.4) is 0 Å². The SMILES string of the molecule is C[C@H](NC[C@@H]([C@@H]1CCOC1)N1CCOCC1)C(C)(C)c1ccccc1. The second-order valence-electron chi connectivity index (χ2n) is 8.06. The second kappa shape index (κ2) is 8.63. The summed E-state index contributed by atoms with van der Waals surface area (Å²) in [5.74, 6) is 0.637. The van der Waals surface area contributed by atoms with Crippen LogP contribution in [-0.4, -0.2) is 63.0 Å². The molecule has 1 N–H and O–H groups in total. The van der Waals surface area contributed by atoms with Gasteiger partial charge in [-0.05, 0) is 18.9 Å². The van der Waals surface area contributed by atoms with E-state index >= 15 is 0 Å². The van der Waals surface area contributed by atoms with Crippen molar-refractivity contribution in [3.63, 3.8) is 0 Å². The monoisotopic (exact) mass is 346 g/mol. The average Bonchev–Trinajstić information content (AvgIpc) is 3.18. The Balaban J connectivity index is 1.63. The molecule has 2 fully saturated rings. The van der Waals surface area contributed by atoms with E-state index in [4.69, 9.17) is 9.47 Å². The van der Waals surface area contributed by atoms with Gasteiger partial charge in [0.25, 0.3) is 0 Å². The van der Waals surface area contributed by atoms with Crippen molar-refractivity contribution in [3.8, 4) is 0 Å². The molecule has 25 heavy (non-hydrogen) atoms. The molecule has 3 atom stereocenters. The molecule has 2 saturated heterocycles.